The Labute approximate surface area is 308 Å². The molecule has 0 spiro atoms. The van der Waals surface area contributed by atoms with Gasteiger partial charge in [0.2, 0.25) is 0 Å². The van der Waals surface area contributed by atoms with Crippen molar-refractivity contribution in [2.45, 2.75) is 50.9 Å². The van der Waals surface area contributed by atoms with Crippen molar-refractivity contribution in [3.63, 3.8) is 0 Å². The lowest BCUT2D eigenvalue weighted by Gasteiger charge is -2.53. The number of fused-ring (bicyclic) bond motifs is 6. The number of hydrogen-bond donors (Lipinski definition) is 0. The van der Waals surface area contributed by atoms with E-state index in [1.54, 1.807) is 0 Å². The van der Waals surface area contributed by atoms with Gasteiger partial charge < -0.3 is 4.81 Å². The Morgan fingerprint density at radius 2 is 0.788 bits per heavy atom. The van der Waals surface area contributed by atoms with Crippen LogP contribution >= 0.6 is 0 Å². The smallest absolute Gasteiger partial charge is 0.328 e. The molecule has 0 saturated carbocycles. The van der Waals surface area contributed by atoms with E-state index in [1.807, 2.05) is 0 Å². The molecule has 0 amide bonds. The molecule has 2 heterocycles. The first-order chi connectivity index (χ1) is 25.2. The molecule has 1 unspecified atom stereocenters. The number of para-hydroxylation sites is 2. The Kier molecular flexibility index (Phi) is 6.57. The average molecular weight is 668 g/mol. The zero-order chi connectivity index (χ0) is 35.4. The minimum absolute atomic E-state index is 0.0661. The number of rotatable bonds is 3. The maximum atomic E-state index is 2.77. The molecule has 0 bridgehead atoms. The lowest BCUT2D eigenvalue weighted by Crippen LogP contribution is -2.65. The van der Waals surface area contributed by atoms with Crippen LogP contribution in [-0.4, -0.2) is 6.85 Å². The van der Waals surface area contributed by atoms with Crippen LogP contribution < -0.4 is 15.7 Å². The number of nitrogens with zero attached hydrogens (tertiary/aromatic N) is 1. The molecule has 0 aromatic heterocycles. The van der Waals surface area contributed by atoms with Gasteiger partial charge in [-0.1, -0.05) is 191 Å². The Morgan fingerprint density at radius 3 is 1.38 bits per heavy atom. The molecule has 0 saturated heterocycles. The Balaban J connectivity index is 1.38. The van der Waals surface area contributed by atoms with Crippen molar-refractivity contribution < 1.29 is 0 Å². The summed E-state index contributed by atoms with van der Waals surface area (Å²) >= 11 is 0. The summed E-state index contributed by atoms with van der Waals surface area (Å²) in [4.78, 5) is 2.77. The van der Waals surface area contributed by atoms with E-state index in [-0.39, 0.29) is 23.1 Å². The van der Waals surface area contributed by atoms with Gasteiger partial charge in [-0.3, -0.25) is 0 Å². The van der Waals surface area contributed by atoms with E-state index in [2.05, 4.69) is 203 Å². The molecule has 7 aromatic rings. The highest BCUT2D eigenvalue weighted by Gasteiger charge is 2.54. The summed E-state index contributed by atoms with van der Waals surface area (Å²) < 4.78 is 0. The fraction of sp³-hybridized carbons (Fsp3) is 0.160. The molecule has 1 nitrogen and oxygen atoms in total. The van der Waals surface area contributed by atoms with E-state index in [0.29, 0.717) is 0 Å². The van der Waals surface area contributed by atoms with Crippen molar-refractivity contribution in [2.24, 2.45) is 0 Å². The molecule has 250 valence electrons. The topological polar surface area (TPSA) is 3.24 Å². The second-order valence-corrected chi connectivity index (χ2v) is 16.2. The van der Waals surface area contributed by atoms with Crippen LogP contribution in [0.25, 0.3) is 22.3 Å². The largest absolute Gasteiger partial charge is 0.375 e. The van der Waals surface area contributed by atoms with Gasteiger partial charge in [0.25, 0.3) is 0 Å². The van der Waals surface area contributed by atoms with Gasteiger partial charge in [0, 0.05) is 38.7 Å². The molecular formula is C50H42BN. The van der Waals surface area contributed by atoms with Gasteiger partial charge in [0.15, 0.2) is 0 Å². The molecule has 1 aliphatic carbocycles. The Hall–Kier alpha value is -5.60. The third kappa shape index (κ3) is 4.01. The average Bonchev–Trinajstić information content (AvgIpc) is 3.19. The van der Waals surface area contributed by atoms with Crippen LogP contribution in [0.4, 0.5) is 11.4 Å². The second kappa shape index (κ2) is 11.0. The van der Waals surface area contributed by atoms with Gasteiger partial charge in [-0.25, -0.2) is 0 Å². The lowest BCUT2D eigenvalue weighted by molar-refractivity contribution is 0.544. The van der Waals surface area contributed by atoms with Crippen molar-refractivity contribution in [2.75, 3.05) is 4.81 Å². The van der Waals surface area contributed by atoms with Crippen LogP contribution in [0.1, 0.15) is 73.6 Å². The Morgan fingerprint density at radius 1 is 0.365 bits per heavy atom. The van der Waals surface area contributed by atoms with Crippen LogP contribution in [0.2, 0.25) is 0 Å². The summed E-state index contributed by atoms with van der Waals surface area (Å²) in [5.41, 5.74) is 19.5. The monoisotopic (exact) mass is 667 g/mol. The predicted molar refractivity (Wildman–Crippen MR) is 220 cm³/mol. The maximum Gasteiger partial charge on any atom is 0.328 e. The minimum Gasteiger partial charge on any atom is -0.375 e. The SMILES string of the molecule is CC1(C)c2cccc(-c3ccccc3)c2N(B2c3ccccc3C3(C)c4ccccc4C(C)(C)c4cccc2c43)c2c(-c3ccccc3)cccc21. The van der Waals surface area contributed by atoms with Gasteiger partial charge in [-0.15, -0.1) is 0 Å². The molecular weight excluding hydrogens is 625 g/mol. The summed E-state index contributed by atoms with van der Waals surface area (Å²) in [6.45, 7) is 12.1. The van der Waals surface area contributed by atoms with E-state index in [1.165, 1.54) is 83.5 Å². The van der Waals surface area contributed by atoms with Crippen molar-refractivity contribution in [1.82, 2.24) is 0 Å². The van der Waals surface area contributed by atoms with Crippen LogP contribution in [0.3, 0.4) is 0 Å². The molecule has 7 aromatic carbocycles. The molecule has 10 rings (SSSR count). The molecule has 52 heavy (non-hydrogen) atoms. The fourth-order valence-electron chi connectivity index (χ4n) is 10.4. The predicted octanol–water partition coefficient (Wildman–Crippen LogP) is 10.9. The summed E-state index contributed by atoms with van der Waals surface area (Å²) in [5.74, 6) is 0. The van der Waals surface area contributed by atoms with E-state index in [9.17, 15) is 0 Å². The van der Waals surface area contributed by atoms with Crippen molar-refractivity contribution in [3.05, 3.63) is 203 Å². The standard InChI is InChI=1S/C50H42BN/c1-48(2)37-25-12-13-26-38(37)50(5)39-27-14-15-31-43(39)51(44-32-18-28-40(48)45(44)50)52-46-35(33-19-8-6-9-20-33)23-16-29-41(46)49(3,4)42-30-17-24-36(47(42)52)34-21-10-7-11-22-34/h6-32H,1-5H3. The summed E-state index contributed by atoms with van der Waals surface area (Å²) in [6, 6.07) is 61.7. The van der Waals surface area contributed by atoms with Crippen molar-refractivity contribution in [1.29, 1.82) is 0 Å². The molecule has 3 aliphatic rings. The van der Waals surface area contributed by atoms with Gasteiger partial charge in [0.1, 0.15) is 0 Å². The fourth-order valence-corrected chi connectivity index (χ4v) is 10.4. The molecule has 0 fully saturated rings. The summed E-state index contributed by atoms with van der Waals surface area (Å²) in [6.07, 6.45) is 0. The molecule has 0 radical (unpaired) electrons. The molecule has 1 atom stereocenters. The second-order valence-electron chi connectivity index (χ2n) is 16.2. The van der Waals surface area contributed by atoms with E-state index >= 15 is 0 Å². The van der Waals surface area contributed by atoms with E-state index < -0.39 is 0 Å². The zero-order valence-corrected chi connectivity index (χ0v) is 30.6. The lowest BCUT2D eigenvalue weighted by atomic mass is 9.37. The van der Waals surface area contributed by atoms with Gasteiger partial charge in [-0.05, 0) is 67.9 Å². The van der Waals surface area contributed by atoms with E-state index in [0.717, 1.165) is 0 Å². The number of benzene rings is 7. The number of hydrogen-bond acceptors (Lipinski definition) is 1. The number of anilines is 2. The Bertz CT molecular complexity index is 2450. The summed E-state index contributed by atoms with van der Waals surface area (Å²) in [5, 5.41) is 0. The van der Waals surface area contributed by atoms with E-state index in [4.69, 9.17) is 0 Å². The van der Waals surface area contributed by atoms with Gasteiger partial charge >= 0.3 is 6.85 Å². The van der Waals surface area contributed by atoms with Crippen LogP contribution in [0, 0.1) is 0 Å². The third-order valence-electron chi connectivity index (χ3n) is 12.8. The van der Waals surface area contributed by atoms with Crippen LogP contribution in [0.15, 0.2) is 164 Å². The highest BCUT2D eigenvalue weighted by molar-refractivity contribution is 6.90. The molecule has 2 aliphatic heterocycles. The first kappa shape index (κ1) is 31.2. The first-order valence-corrected chi connectivity index (χ1v) is 18.7. The summed E-state index contributed by atoms with van der Waals surface area (Å²) in [7, 11) is 0. The van der Waals surface area contributed by atoms with Crippen molar-refractivity contribution >= 4 is 29.1 Å². The third-order valence-corrected chi connectivity index (χ3v) is 12.8. The first-order valence-electron chi connectivity index (χ1n) is 18.7. The minimum atomic E-state index is -0.302. The van der Waals surface area contributed by atoms with Crippen LogP contribution in [-0.2, 0) is 16.2 Å². The maximum absolute atomic E-state index is 2.77. The highest BCUT2D eigenvalue weighted by atomic mass is 15.1. The highest BCUT2D eigenvalue weighted by Crippen LogP contribution is 2.57. The quantitative estimate of drug-likeness (QED) is 0.170. The van der Waals surface area contributed by atoms with Crippen LogP contribution in [0.5, 0.6) is 0 Å². The van der Waals surface area contributed by atoms with Gasteiger partial charge in [-0.2, -0.15) is 0 Å². The molecule has 0 N–H and O–H groups in total. The van der Waals surface area contributed by atoms with Crippen molar-refractivity contribution in [3.8, 4) is 22.3 Å². The normalized spacial score (nSPS) is 18.4. The zero-order valence-electron chi connectivity index (χ0n) is 30.6. The van der Waals surface area contributed by atoms with Gasteiger partial charge in [0.05, 0.1) is 0 Å². The molecule has 2 heteroatoms.